The number of hydrogen-bond donors (Lipinski definition) is 4. The van der Waals surface area contributed by atoms with E-state index in [4.69, 9.17) is 10.5 Å². The van der Waals surface area contributed by atoms with E-state index >= 15 is 0 Å². The summed E-state index contributed by atoms with van der Waals surface area (Å²) in [7, 11) is 1.61. The third kappa shape index (κ3) is 9.63. The zero-order chi connectivity index (χ0) is 27.3. The van der Waals surface area contributed by atoms with Crippen molar-refractivity contribution < 1.29 is 9.53 Å². The van der Waals surface area contributed by atoms with Gasteiger partial charge in [0.15, 0.2) is 0 Å². The van der Waals surface area contributed by atoms with Gasteiger partial charge in [-0.05, 0) is 43.5 Å². The van der Waals surface area contributed by atoms with Gasteiger partial charge in [-0.15, -0.1) is 0 Å². The summed E-state index contributed by atoms with van der Waals surface area (Å²) in [6, 6.07) is 11.2. The van der Waals surface area contributed by atoms with Gasteiger partial charge in [-0.25, -0.2) is 0 Å². The second kappa shape index (κ2) is 15.6. The summed E-state index contributed by atoms with van der Waals surface area (Å²) in [6.07, 6.45) is 8.43. The van der Waals surface area contributed by atoms with Crippen LogP contribution in [0.2, 0.25) is 0 Å². The number of carbonyl (C=O) groups is 1. The van der Waals surface area contributed by atoms with Gasteiger partial charge in [-0.1, -0.05) is 43.5 Å². The lowest BCUT2D eigenvalue weighted by atomic mass is 9.95. The smallest absolute Gasteiger partial charge is 0.226 e. The molecule has 39 heavy (non-hydrogen) atoms. The molecule has 5 N–H and O–H groups in total. The Morgan fingerprint density at radius 2 is 1.72 bits per heavy atom. The number of rotatable bonds is 14. The summed E-state index contributed by atoms with van der Waals surface area (Å²) in [5, 5.41) is 10.6. The van der Waals surface area contributed by atoms with Crippen LogP contribution in [0.4, 0.5) is 17.6 Å². The van der Waals surface area contributed by atoms with E-state index < -0.39 is 0 Å². The van der Waals surface area contributed by atoms with Gasteiger partial charge in [0.25, 0.3) is 0 Å². The molecule has 1 amide bonds. The highest BCUT2D eigenvalue weighted by atomic mass is 16.5. The van der Waals surface area contributed by atoms with Crippen LogP contribution in [-0.4, -0.2) is 79.8 Å². The predicted octanol–water partition coefficient (Wildman–Crippen LogP) is 2.76. The molecule has 2 heterocycles. The molecule has 2 fully saturated rings. The monoisotopic (exact) mass is 538 g/mol. The van der Waals surface area contributed by atoms with Crippen LogP contribution in [0.3, 0.4) is 0 Å². The molecule has 1 aliphatic heterocycles. The van der Waals surface area contributed by atoms with Crippen LogP contribution >= 0.6 is 0 Å². The standard InChI is InChI=1S/C29H46N8O2/c1-39-19-12-28(38)37-17-15-36(16-18-37)27-20-26(30)34-29(35-27)33-22-24-10-8-23(9-11-24)21-31-13-5-14-32-25-6-3-2-4-7-25/h8-11,20,25,31-32H,2-7,12-19,21-22H2,1H3,(H3,30,33,34,35). The minimum Gasteiger partial charge on any atom is -0.384 e. The molecule has 4 rings (SSSR count). The maximum absolute atomic E-state index is 12.3. The van der Waals surface area contributed by atoms with Gasteiger partial charge in [-0.2, -0.15) is 9.97 Å². The average Bonchev–Trinajstić information content (AvgIpc) is 2.97. The quantitative estimate of drug-likeness (QED) is 0.269. The number of nitrogens with two attached hydrogens (primary N) is 1. The molecule has 1 aliphatic carbocycles. The summed E-state index contributed by atoms with van der Waals surface area (Å²) in [6.45, 7) is 6.81. The summed E-state index contributed by atoms with van der Waals surface area (Å²) in [5.41, 5.74) is 8.53. The maximum atomic E-state index is 12.3. The fourth-order valence-corrected chi connectivity index (χ4v) is 5.24. The van der Waals surface area contributed by atoms with Gasteiger partial charge in [0, 0.05) is 58.5 Å². The van der Waals surface area contributed by atoms with Crippen molar-refractivity contribution in [2.24, 2.45) is 0 Å². The highest BCUT2D eigenvalue weighted by Gasteiger charge is 2.22. The maximum Gasteiger partial charge on any atom is 0.226 e. The molecule has 10 nitrogen and oxygen atoms in total. The number of nitrogens with one attached hydrogen (secondary N) is 3. The van der Waals surface area contributed by atoms with Crippen molar-refractivity contribution in [3.63, 3.8) is 0 Å². The number of ether oxygens (including phenoxy) is 1. The van der Waals surface area contributed by atoms with Gasteiger partial charge in [0.1, 0.15) is 11.6 Å². The molecule has 0 radical (unpaired) electrons. The predicted molar refractivity (Wildman–Crippen MR) is 157 cm³/mol. The Morgan fingerprint density at radius 1 is 1.00 bits per heavy atom. The van der Waals surface area contributed by atoms with Gasteiger partial charge in [-0.3, -0.25) is 4.79 Å². The Labute approximate surface area is 233 Å². The van der Waals surface area contributed by atoms with E-state index in [0.29, 0.717) is 57.5 Å². The molecular formula is C29H46N8O2. The first-order valence-electron chi connectivity index (χ1n) is 14.5. The third-order valence-corrected chi connectivity index (χ3v) is 7.58. The molecule has 0 atom stereocenters. The molecule has 1 aromatic carbocycles. The highest BCUT2D eigenvalue weighted by Crippen LogP contribution is 2.19. The molecule has 0 spiro atoms. The number of nitrogen functional groups attached to an aromatic ring is 1. The fraction of sp³-hybridized carbons (Fsp3) is 0.621. The lowest BCUT2D eigenvalue weighted by Crippen LogP contribution is -2.49. The molecular weight excluding hydrogens is 492 g/mol. The number of nitrogens with zero attached hydrogens (tertiary/aromatic N) is 4. The van der Waals surface area contributed by atoms with Gasteiger partial charge >= 0.3 is 0 Å². The van der Waals surface area contributed by atoms with Gasteiger partial charge in [0.2, 0.25) is 11.9 Å². The van der Waals surface area contributed by atoms with E-state index in [1.807, 2.05) is 4.90 Å². The van der Waals surface area contributed by atoms with Crippen molar-refractivity contribution in [2.75, 3.05) is 68.9 Å². The number of amides is 1. The van der Waals surface area contributed by atoms with Gasteiger partial charge < -0.3 is 36.2 Å². The van der Waals surface area contributed by atoms with Crippen molar-refractivity contribution in [1.82, 2.24) is 25.5 Å². The molecule has 1 saturated carbocycles. The van der Waals surface area contributed by atoms with Crippen LogP contribution in [0.5, 0.6) is 0 Å². The molecule has 10 heteroatoms. The first-order valence-corrected chi connectivity index (χ1v) is 14.5. The van der Waals surface area contributed by atoms with Crippen molar-refractivity contribution >= 4 is 23.5 Å². The van der Waals surface area contributed by atoms with Crippen LogP contribution in [0.15, 0.2) is 30.3 Å². The number of hydrogen-bond acceptors (Lipinski definition) is 9. The van der Waals surface area contributed by atoms with Crippen LogP contribution in [-0.2, 0) is 22.6 Å². The SMILES string of the molecule is COCCC(=O)N1CCN(c2cc(N)nc(NCc3ccc(CNCCCNC4CCCCC4)cc3)n2)CC1. The number of carbonyl (C=O) groups excluding carboxylic acids is 1. The number of aromatic nitrogens is 2. The summed E-state index contributed by atoms with van der Waals surface area (Å²) < 4.78 is 5.02. The average molecular weight is 539 g/mol. The van der Waals surface area contributed by atoms with Crippen LogP contribution in [0, 0.1) is 0 Å². The van der Waals surface area contributed by atoms with E-state index in [1.165, 1.54) is 37.7 Å². The zero-order valence-electron chi connectivity index (χ0n) is 23.5. The minimum atomic E-state index is 0.130. The molecule has 0 bridgehead atoms. The highest BCUT2D eigenvalue weighted by molar-refractivity contribution is 5.76. The molecule has 1 aromatic heterocycles. The second-order valence-corrected chi connectivity index (χ2v) is 10.6. The van der Waals surface area contributed by atoms with E-state index in [-0.39, 0.29) is 5.91 Å². The number of piperazine rings is 1. The fourth-order valence-electron chi connectivity index (χ4n) is 5.24. The largest absolute Gasteiger partial charge is 0.384 e. The molecule has 2 aromatic rings. The second-order valence-electron chi connectivity index (χ2n) is 10.6. The Bertz CT molecular complexity index is 1000. The summed E-state index contributed by atoms with van der Waals surface area (Å²) in [5.74, 6) is 1.85. The minimum absolute atomic E-state index is 0.130. The summed E-state index contributed by atoms with van der Waals surface area (Å²) >= 11 is 0. The number of benzene rings is 1. The van der Waals surface area contributed by atoms with Crippen molar-refractivity contribution in [3.05, 3.63) is 41.5 Å². The lowest BCUT2D eigenvalue weighted by molar-refractivity contribution is -0.132. The first-order chi connectivity index (χ1) is 19.1. The van der Waals surface area contributed by atoms with E-state index in [2.05, 4.69) is 55.1 Å². The number of methoxy groups -OCH3 is 1. The topological polar surface area (TPSA) is 121 Å². The normalized spacial score (nSPS) is 16.4. The Kier molecular flexibility index (Phi) is 11.6. The molecule has 2 aliphatic rings. The molecule has 0 unspecified atom stereocenters. The van der Waals surface area contributed by atoms with E-state index in [1.54, 1.807) is 13.2 Å². The van der Waals surface area contributed by atoms with E-state index in [9.17, 15) is 4.79 Å². The number of anilines is 3. The molecule has 1 saturated heterocycles. The van der Waals surface area contributed by atoms with Crippen LogP contribution < -0.4 is 26.6 Å². The Morgan fingerprint density at radius 3 is 2.44 bits per heavy atom. The lowest BCUT2D eigenvalue weighted by Gasteiger charge is -2.35. The first kappa shape index (κ1) is 29.0. The van der Waals surface area contributed by atoms with Crippen molar-refractivity contribution in [2.45, 2.75) is 64.1 Å². The van der Waals surface area contributed by atoms with Crippen molar-refractivity contribution in [1.29, 1.82) is 0 Å². The summed E-state index contributed by atoms with van der Waals surface area (Å²) in [4.78, 5) is 25.3. The zero-order valence-corrected chi connectivity index (χ0v) is 23.5. The van der Waals surface area contributed by atoms with Crippen LogP contribution in [0.25, 0.3) is 0 Å². The third-order valence-electron chi connectivity index (χ3n) is 7.58. The Balaban J connectivity index is 1.16. The van der Waals surface area contributed by atoms with Gasteiger partial charge in [0.05, 0.1) is 13.0 Å². The van der Waals surface area contributed by atoms with Crippen LogP contribution in [0.1, 0.15) is 56.1 Å². The Hall–Kier alpha value is -2.95. The molecule has 214 valence electrons. The van der Waals surface area contributed by atoms with E-state index in [0.717, 1.165) is 43.5 Å². The van der Waals surface area contributed by atoms with Crippen molar-refractivity contribution in [3.8, 4) is 0 Å².